The number of aliphatic hydroxyl groups is 1. The molecule has 36 heavy (non-hydrogen) atoms. The van der Waals surface area contributed by atoms with Crippen molar-refractivity contribution >= 4 is 28.3 Å². The van der Waals surface area contributed by atoms with Gasteiger partial charge in [0.2, 0.25) is 5.91 Å². The molecule has 1 atom stereocenters. The van der Waals surface area contributed by atoms with Crippen molar-refractivity contribution < 1.29 is 23.1 Å². The standard InChI is InChI=1S/C27H31F3N4O2/c1-13-21-17(12-19-22(13)34(8)24(35)25(19,4)5)23(33-15(3)32-21)31-14(2)16-10-9-11-18(20(16)28)27(29,30)26(6,7)36/h9-12,14,36H,1-8H3,(H,31,32,33)/t14-/m1/s1. The minimum atomic E-state index is -3.80. The van der Waals surface area contributed by atoms with E-state index < -0.39 is 34.4 Å². The first-order valence-corrected chi connectivity index (χ1v) is 11.8. The number of nitrogens with one attached hydrogen (secondary N) is 1. The van der Waals surface area contributed by atoms with Gasteiger partial charge in [0.25, 0.3) is 0 Å². The maximum atomic E-state index is 15.4. The summed E-state index contributed by atoms with van der Waals surface area (Å²) in [6, 6.07) is 4.88. The molecule has 0 spiro atoms. The van der Waals surface area contributed by atoms with Crippen LogP contribution in [0.15, 0.2) is 24.3 Å². The molecule has 2 aromatic carbocycles. The second-order valence-electron chi connectivity index (χ2n) is 10.6. The molecule has 0 fully saturated rings. The molecule has 1 aromatic heterocycles. The number of anilines is 2. The number of hydrogen-bond donors (Lipinski definition) is 2. The minimum absolute atomic E-state index is 0.00830. The smallest absolute Gasteiger partial charge is 0.303 e. The summed E-state index contributed by atoms with van der Waals surface area (Å²) in [5.41, 5.74) is -0.948. The van der Waals surface area contributed by atoms with Crippen molar-refractivity contribution in [2.45, 2.75) is 71.4 Å². The molecule has 0 radical (unpaired) electrons. The van der Waals surface area contributed by atoms with Crippen molar-refractivity contribution in [2.24, 2.45) is 0 Å². The quantitative estimate of drug-likeness (QED) is 0.472. The van der Waals surface area contributed by atoms with Gasteiger partial charge in [0.05, 0.1) is 28.2 Å². The van der Waals surface area contributed by atoms with E-state index in [1.807, 2.05) is 26.8 Å². The fourth-order valence-corrected chi connectivity index (χ4v) is 4.92. The Morgan fingerprint density at radius 1 is 1.17 bits per heavy atom. The van der Waals surface area contributed by atoms with E-state index >= 15 is 4.39 Å². The SMILES string of the molecule is Cc1nc(N[C@H](C)c2cccc(C(F)(F)C(C)(C)O)c2F)c2cc3c(c(C)c2n1)N(C)C(=O)C3(C)C. The molecule has 6 nitrogen and oxygen atoms in total. The van der Waals surface area contributed by atoms with Gasteiger partial charge in [0, 0.05) is 18.0 Å². The van der Waals surface area contributed by atoms with E-state index in [1.54, 1.807) is 25.8 Å². The molecule has 0 saturated carbocycles. The van der Waals surface area contributed by atoms with Crippen LogP contribution in [0.2, 0.25) is 0 Å². The largest absolute Gasteiger partial charge is 0.384 e. The van der Waals surface area contributed by atoms with Crippen LogP contribution in [0.5, 0.6) is 0 Å². The van der Waals surface area contributed by atoms with Crippen LogP contribution in [0.4, 0.5) is 24.7 Å². The highest BCUT2D eigenvalue weighted by atomic mass is 19.3. The second kappa shape index (κ2) is 8.16. The highest BCUT2D eigenvalue weighted by Gasteiger charge is 2.49. The first-order chi connectivity index (χ1) is 16.5. The Morgan fingerprint density at radius 2 is 1.81 bits per heavy atom. The Hall–Kier alpha value is -3.20. The van der Waals surface area contributed by atoms with Gasteiger partial charge in [0.1, 0.15) is 23.1 Å². The van der Waals surface area contributed by atoms with Crippen molar-refractivity contribution in [2.75, 3.05) is 17.3 Å². The third kappa shape index (κ3) is 3.72. The highest BCUT2D eigenvalue weighted by molar-refractivity contribution is 6.11. The zero-order valence-electron chi connectivity index (χ0n) is 21.7. The molecule has 192 valence electrons. The second-order valence-corrected chi connectivity index (χ2v) is 10.6. The van der Waals surface area contributed by atoms with Crippen molar-refractivity contribution in [3.05, 3.63) is 58.2 Å². The lowest BCUT2D eigenvalue weighted by molar-refractivity contribution is -0.170. The first kappa shape index (κ1) is 25.9. The Morgan fingerprint density at radius 3 is 2.42 bits per heavy atom. The number of carbonyl (C=O) groups excluding carboxylic acids is 1. The molecule has 4 rings (SSSR count). The molecule has 0 aliphatic carbocycles. The number of aromatic nitrogens is 2. The van der Waals surface area contributed by atoms with E-state index in [4.69, 9.17) is 0 Å². The summed E-state index contributed by atoms with van der Waals surface area (Å²) in [6.07, 6.45) is 0. The number of likely N-dealkylation sites (N-methyl/N-ethyl adjacent to an activating group) is 1. The lowest BCUT2D eigenvalue weighted by Gasteiger charge is -2.30. The number of fused-ring (bicyclic) bond motifs is 2. The molecule has 2 heterocycles. The molecule has 1 amide bonds. The number of hydrogen-bond acceptors (Lipinski definition) is 5. The third-order valence-corrected chi connectivity index (χ3v) is 7.11. The van der Waals surface area contributed by atoms with Crippen LogP contribution in [0, 0.1) is 19.7 Å². The molecule has 3 aromatic rings. The average Bonchev–Trinajstić information content (AvgIpc) is 2.94. The van der Waals surface area contributed by atoms with E-state index in [1.165, 1.54) is 12.1 Å². The summed E-state index contributed by atoms with van der Waals surface area (Å²) in [5.74, 6) is -4.05. The number of aryl methyl sites for hydroxylation is 2. The summed E-state index contributed by atoms with van der Waals surface area (Å²) in [5, 5.41) is 13.8. The van der Waals surface area contributed by atoms with Gasteiger partial charge in [-0.3, -0.25) is 4.79 Å². The summed E-state index contributed by atoms with van der Waals surface area (Å²) < 4.78 is 45.0. The summed E-state index contributed by atoms with van der Waals surface area (Å²) >= 11 is 0. The Balaban J connectivity index is 1.84. The molecule has 0 bridgehead atoms. The number of alkyl halides is 2. The van der Waals surface area contributed by atoms with Crippen LogP contribution in [0.25, 0.3) is 10.9 Å². The number of benzene rings is 2. The van der Waals surface area contributed by atoms with Gasteiger partial charge < -0.3 is 15.3 Å². The summed E-state index contributed by atoms with van der Waals surface area (Å²) in [6.45, 7) is 10.9. The molecule has 2 N–H and O–H groups in total. The van der Waals surface area contributed by atoms with Crippen LogP contribution in [0.1, 0.15) is 68.7 Å². The first-order valence-electron chi connectivity index (χ1n) is 11.8. The van der Waals surface area contributed by atoms with Crippen molar-refractivity contribution in [1.29, 1.82) is 0 Å². The molecule has 9 heteroatoms. The maximum Gasteiger partial charge on any atom is 0.303 e. The normalized spacial score (nSPS) is 16.4. The Kier molecular flexibility index (Phi) is 5.87. The lowest BCUT2D eigenvalue weighted by Crippen LogP contribution is -2.41. The van der Waals surface area contributed by atoms with Gasteiger partial charge in [-0.25, -0.2) is 14.4 Å². The predicted molar refractivity (Wildman–Crippen MR) is 134 cm³/mol. The molecule has 0 saturated heterocycles. The zero-order chi connectivity index (χ0) is 27.0. The van der Waals surface area contributed by atoms with Crippen molar-refractivity contribution in [1.82, 2.24) is 9.97 Å². The Bertz CT molecular complexity index is 1400. The van der Waals surface area contributed by atoms with Gasteiger partial charge in [0.15, 0.2) is 0 Å². The van der Waals surface area contributed by atoms with E-state index in [-0.39, 0.29) is 11.5 Å². The monoisotopic (exact) mass is 500 g/mol. The molecular weight excluding hydrogens is 469 g/mol. The highest BCUT2D eigenvalue weighted by Crippen LogP contribution is 2.46. The molecular formula is C27H31F3N4O2. The third-order valence-electron chi connectivity index (χ3n) is 7.11. The number of carbonyl (C=O) groups is 1. The summed E-state index contributed by atoms with van der Waals surface area (Å²) in [4.78, 5) is 23.7. The number of halogens is 3. The van der Waals surface area contributed by atoms with Gasteiger partial charge in [-0.2, -0.15) is 8.78 Å². The maximum absolute atomic E-state index is 15.4. The minimum Gasteiger partial charge on any atom is -0.384 e. The lowest BCUT2D eigenvalue weighted by atomic mass is 9.84. The topological polar surface area (TPSA) is 78.4 Å². The van der Waals surface area contributed by atoms with Gasteiger partial charge >= 0.3 is 5.92 Å². The van der Waals surface area contributed by atoms with E-state index in [0.717, 1.165) is 36.7 Å². The van der Waals surface area contributed by atoms with Crippen LogP contribution in [-0.4, -0.2) is 33.6 Å². The van der Waals surface area contributed by atoms with E-state index in [2.05, 4.69) is 15.3 Å². The molecule has 1 aliphatic rings. The number of rotatable bonds is 5. The molecule has 1 aliphatic heterocycles. The Labute approximate surface area is 208 Å². The number of amides is 1. The fraction of sp³-hybridized carbons (Fsp3) is 0.444. The summed E-state index contributed by atoms with van der Waals surface area (Å²) in [7, 11) is 1.74. The van der Waals surface area contributed by atoms with Gasteiger partial charge in [-0.15, -0.1) is 0 Å². The predicted octanol–water partition coefficient (Wildman–Crippen LogP) is 5.68. The van der Waals surface area contributed by atoms with Crippen LogP contribution < -0.4 is 10.2 Å². The molecule has 0 unspecified atom stereocenters. The van der Waals surface area contributed by atoms with E-state index in [0.29, 0.717) is 22.5 Å². The van der Waals surface area contributed by atoms with Crippen molar-refractivity contribution in [3.8, 4) is 0 Å². The van der Waals surface area contributed by atoms with Crippen LogP contribution >= 0.6 is 0 Å². The van der Waals surface area contributed by atoms with Gasteiger partial charge in [-0.05, 0) is 71.7 Å². The van der Waals surface area contributed by atoms with Crippen molar-refractivity contribution in [3.63, 3.8) is 0 Å². The fourth-order valence-electron chi connectivity index (χ4n) is 4.92. The van der Waals surface area contributed by atoms with E-state index in [9.17, 15) is 18.7 Å². The van der Waals surface area contributed by atoms with Gasteiger partial charge in [-0.1, -0.05) is 12.1 Å². The van der Waals surface area contributed by atoms with Crippen LogP contribution in [-0.2, 0) is 16.1 Å². The van der Waals surface area contributed by atoms with Crippen LogP contribution in [0.3, 0.4) is 0 Å². The zero-order valence-corrected chi connectivity index (χ0v) is 21.7. The average molecular weight is 501 g/mol. The number of nitrogens with zero attached hydrogens (tertiary/aromatic N) is 3.